The SMILES string of the molecule is Nc1cc(-c2cc3c(O)cccc3s2)on1. The minimum atomic E-state index is 0.271. The molecule has 0 aliphatic heterocycles. The van der Waals surface area contributed by atoms with Crippen molar-refractivity contribution in [2.75, 3.05) is 5.73 Å². The van der Waals surface area contributed by atoms with Crippen LogP contribution in [0.5, 0.6) is 5.75 Å². The first kappa shape index (κ1) is 9.23. The molecule has 0 atom stereocenters. The summed E-state index contributed by atoms with van der Waals surface area (Å²) in [7, 11) is 0. The van der Waals surface area contributed by atoms with E-state index in [0.717, 1.165) is 15.0 Å². The monoisotopic (exact) mass is 232 g/mol. The number of anilines is 1. The second kappa shape index (κ2) is 3.24. The van der Waals surface area contributed by atoms with E-state index in [1.807, 2.05) is 18.2 Å². The van der Waals surface area contributed by atoms with Gasteiger partial charge in [-0.25, -0.2) is 0 Å². The minimum Gasteiger partial charge on any atom is -0.507 e. The van der Waals surface area contributed by atoms with E-state index in [2.05, 4.69) is 5.16 Å². The van der Waals surface area contributed by atoms with Crippen LogP contribution in [0.1, 0.15) is 0 Å². The Labute approximate surface area is 94.9 Å². The van der Waals surface area contributed by atoms with Gasteiger partial charge in [-0.3, -0.25) is 0 Å². The summed E-state index contributed by atoms with van der Waals surface area (Å²) in [6.07, 6.45) is 0. The molecule has 16 heavy (non-hydrogen) atoms. The topological polar surface area (TPSA) is 72.3 Å². The summed E-state index contributed by atoms with van der Waals surface area (Å²) in [4.78, 5) is 0.903. The van der Waals surface area contributed by atoms with Gasteiger partial charge in [0.05, 0.1) is 4.88 Å². The predicted molar refractivity (Wildman–Crippen MR) is 63.4 cm³/mol. The third kappa shape index (κ3) is 1.33. The zero-order valence-corrected chi connectivity index (χ0v) is 8.99. The predicted octanol–water partition coefficient (Wildman–Crippen LogP) is 2.84. The highest BCUT2D eigenvalue weighted by molar-refractivity contribution is 7.22. The molecule has 5 heteroatoms. The molecule has 0 spiro atoms. The van der Waals surface area contributed by atoms with Gasteiger partial charge in [0.15, 0.2) is 11.6 Å². The number of aromatic hydroxyl groups is 1. The van der Waals surface area contributed by atoms with Gasteiger partial charge in [-0.2, -0.15) is 0 Å². The fraction of sp³-hybridized carbons (Fsp3) is 0. The van der Waals surface area contributed by atoms with Crippen molar-refractivity contribution >= 4 is 27.2 Å². The lowest BCUT2D eigenvalue weighted by Gasteiger charge is -1.90. The number of thiophene rings is 1. The highest BCUT2D eigenvalue weighted by atomic mass is 32.1. The maximum absolute atomic E-state index is 9.67. The molecule has 0 saturated carbocycles. The Morgan fingerprint density at radius 1 is 1.31 bits per heavy atom. The number of nitrogen functional groups attached to an aromatic ring is 1. The van der Waals surface area contributed by atoms with Gasteiger partial charge in [0.25, 0.3) is 0 Å². The third-order valence-corrected chi connectivity index (χ3v) is 3.42. The number of fused-ring (bicyclic) bond motifs is 1. The Morgan fingerprint density at radius 2 is 2.19 bits per heavy atom. The Kier molecular flexibility index (Phi) is 1.87. The van der Waals surface area contributed by atoms with E-state index in [1.54, 1.807) is 12.1 Å². The van der Waals surface area contributed by atoms with E-state index < -0.39 is 0 Å². The largest absolute Gasteiger partial charge is 0.507 e. The van der Waals surface area contributed by atoms with Crippen molar-refractivity contribution in [2.45, 2.75) is 0 Å². The molecular weight excluding hydrogens is 224 g/mol. The van der Waals surface area contributed by atoms with Crippen LogP contribution >= 0.6 is 11.3 Å². The summed E-state index contributed by atoms with van der Waals surface area (Å²) >= 11 is 1.53. The molecule has 0 saturated heterocycles. The lowest BCUT2D eigenvalue weighted by molar-refractivity contribution is 0.436. The molecule has 2 heterocycles. The summed E-state index contributed by atoms with van der Waals surface area (Å²) in [5.74, 6) is 1.25. The van der Waals surface area contributed by atoms with Gasteiger partial charge in [-0.05, 0) is 18.2 Å². The second-order valence-electron chi connectivity index (χ2n) is 3.42. The number of benzene rings is 1. The van der Waals surface area contributed by atoms with Crippen LogP contribution in [-0.2, 0) is 0 Å². The second-order valence-corrected chi connectivity index (χ2v) is 4.50. The van der Waals surface area contributed by atoms with Crippen LogP contribution in [0, 0.1) is 0 Å². The summed E-state index contributed by atoms with van der Waals surface area (Å²) in [6.45, 7) is 0. The molecule has 0 unspecified atom stereocenters. The number of hydrogen-bond acceptors (Lipinski definition) is 5. The van der Waals surface area contributed by atoms with E-state index in [0.29, 0.717) is 11.6 Å². The van der Waals surface area contributed by atoms with Gasteiger partial charge in [-0.1, -0.05) is 11.2 Å². The summed E-state index contributed by atoms with van der Waals surface area (Å²) in [5.41, 5.74) is 5.49. The molecule has 4 nitrogen and oxygen atoms in total. The van der Waals surface area contributed by atoms with Gasteiger partial charge >= 0.3 is 0 Å². The van der Waals surface area contributed by atoms with Gasteiger partial charge < -0.3 is 15.4 Å². The molecule has 0 fully saturated rings. The summed E-state index contributed by atoms with van der Waals surface area (Å²) < 4.78 is 6.08. The molecule has 3 rings (SSSR count). The fourth-order valence-electron chi connectivity index (χ4n) is 1.57. The molecule has 0 bridgehead atoms. The van der Waals surface area contributed by atoms with Gasteiger partial charge in [0, 0.05) is 16.2 Å². The molecule has 0 radical (unpaired) electrons. The highest BCUT2D eigenvalue weighted by Crippen LogP contribution is 2.37. The quantitative estimate of drug-likeness (QED) is 0.676. The zero-order valence-electron chi connectivity index (χ0n) is 8.18. The molecule has 0 amide bonds. The number of rotatable bonds is 1. The van der Waals surface area contributed by atoms with Crippen molar-refractivity contribution < 1.29 is 9.63 Å². The average Bonchev–Trinajstić information content (AvgIpc) is 2.84. The van der Waals surface area contributed by atoms with E-state index >= 15 is 0 Å². The van der Waals surface area contributed by atoms with Gasteiger partial charge in [0.1, 0.15) is 5.75 Å². The number of aromatic nitrogens is 1. The molecule has 1 aromatic carbocycles. The highest BCUT2D eigenvalue weighted by Gasteiger charge is 2.10. The first-order chi connectivity index (χ1) is 7.74. The molecule has 3 aromatic rings. The van der Waals surface area contributed by atoms with Crippen LogP contribution in [0.15, 0.2) is 34.9 Å². The standard InChI is InChI=1S/C11H8N2O2S/c12-11-5-8(15-13-11)10-4-6-7(14)2-1-3-9(6)16-10/h1-5,14H,(H2,12,13). The van der Waals surface area contributed by atoms with E-state index in [4.69, 9.17) is 10.3 Å². The molecule has 0 aliphatic rings. The molecular formula is C11H8N2O2S. The van der Waals surface area contributed by atoms with Crippen molar-refractivity contribution in [3.8, 4) is 16.4 Å². The molecule has 2 aromatic heterocycles. The maximum Gasteiger partial charge on any atom is 0.179 e. The van der Waals surface area contributed by atoms with Crippen LogP contribution in [0.4, 0.5) is 5.82 Å². The average molecular weight is 232 g/mol. The lowest BCUT2D eigenvalue weighted by Crippen LogP contribution is -1.79. The molecule has 0 aliphatic carbocycles. The van der Waals surface area contributed by atoms with E-state index in [9.17, 15) is 5.11 Å². The first-order valence-corrected chi connectivity index (χ1v) is 5.50. The third-order valence-electron chi connectivity index (χ3n) is 2.31. The van der Waals surface area contributed by atoms with Crippen molar-refractivity contribution in [3.63, 3.8) is 0 Å². The van der Waals surface area contributed by atoms with Crippen LogP contribution in [0.3, 0.4) is 0 Å². The summed E-state index contributed by atoms with van der Waals surface area (Å²) in [6, 6.07) is 8.96. The Hall–Kier alpha value is -2.01. The minimum absolute atomic E-state index is 0.271. The molecule has 3 N–H and O–H groups in total. The van der Waals surface area contributed by atoms with Gasteiger partial charge in [-0.15, -0.1) is 11.3 Å². The van der Waals surface area contributed by atoms with E-state index in [1.165, 1.54) is 11.3 Å². The molecule has 80 valence electrons. The number of phenols is 1. The lowest BCUT2D eigenvalue weighted by atomic mass is 10.2. The number of nitrogens with two attached hydrogens (primary N) is 1. The first-order valence-electron chi connectivity index (χ1n) is 4.68. The van der Waals surface area contributed by atoms with Crippen molar-refractivity contribution in [3.05, 3.63) is 30.3 Å². The normalized spacial score (nSPS) is 11.0. The number of phenolic OH excluding ortho intramolecular Hbond substituents is 1. The van der Waals surface area contributed by atoms with Crippen LogP contribution in [-0.4, -0.2) is 10.3 Å². The zero-order chi connectivity index (χ0) is 11.1. The van der Waals surface area contributed by atoms with Gasteiger partial charge in [0.2, 0.25) is 0 Å². The van der Waals surface area contributed by atoms with E-state index in [-0.39, 0.29) is 5.75 Å². The maximum atomic E-state index is 9.67. The summed E-state index contributed by atoms with van der Waals surface area (Å²) in [5, 5.41) is 14.1. The number of nitrogens with zero attached hydrogens (tertiary/aromatic N) is 1. The van der Waals surface area contributed by atoms with Crippen LogP contribution in [0.25, 0.3) is 20.7 Å². The Balaban J connectivity index is 2.22. The van der Waals surface area contributed by atoms with Crippen molar-refractivity contribution in [1.29, 1.82) is 0 Å². The van der Waals surface area contributed by atoms with Crippen LogP contribution < -0.4 is 5.73 Å². The Bertz CT molecular complexity index is 657. The van der Waals surface area contributed by atoms with Crippen molar-refractivity contribution in [2.24, 2.45) is 0 Å². The Morgan fingerprint density at radius 3 is 2.88 bits per heavy atom. The van der Waals surface area contributed by atoms with Crippen molar-refractivity contribution in [1.82, 2.24) is 5.16 Å². The smallest absolute Gasteiger partial charge is 0.179 e. The number of hydrogen-bond donors (Lipinski definition) is 2. The fourth-order valence-corrected chi connectivity index (χ4v) is 2.60. The van der Waals surface area contributed by atoms with Crippen LogP contribution in [0.2, 0.25) is 0 Å².